The average Bonchev–Trinajstić information content (AvgIpc) is 2.72. The lowest BCUT2D eigenvalue weighted by molar-refractivity contribution is 0.602. The Morgan fingerprint density at radius 1 is 1.25 bits per heavy atom. The van der Waals surface area contributed by atoms with Gasteiger partial charge in [0, 0.05) is 13.1 Å². The normalized spacial score (nSPS) is 10.7. The molecule has 0 aliphatic rings. The first-order chi connectivity index (χ1) is 9.72. The Balaban J connectivity index is 1.87. The molecule has 108 valence electrons. The Bertz CT molecular complexity index is 531. The van der Waals surface area contributed by atoms with E-state index in [1.807, 2.05) is 11.6 Å². The van der Waals surface area contributed by atoms with Crippen LogP contribution in [0, 0.1) is 6.92 Å². The van der Waals surface area contributed by atoms with E-state index in [-0.39, 0.29) is 0 Å². The molecule has 0 atom stereocenters. The quantitative estimate of drug-likeness (QED) is 0.761. The minimum atomic E-state index is 0.776. The summed E-state index contributed by atoms with van der Waals surface area (Å²) in [5.74, 6) is 0.970. The minimum absolute atomic E-state index is 0.776. The number of nitrogens with zero attached hydrogens (tertiary/aromatic N) is 2. The number of nitrogens with two attached hydrogens (primary N) is 1. The van der Waals surface area contributed by atoms with Gasteiger partial charge in [0.1, 0.15) is 5.82 Å². The lowest BCUT2D eigenvalue weighted by atomic mass is 10.1. The third kappa shape index (κ3) is 3.53. The van der Waals surface area contributed by atoms with Gasteiger partial charge in [0.25, 0.3) is 0 Å². The molecule has 3 N–H and O–H groups in total. The third-order valence-electron chi connectivity index (χ3n) is 3.39. The first-order valence-corrected chi connectivity index (χ1v) is 7.33. The molecule has 0 saturated carbocycles. The zero-order valence-corrected chi connectivity index (χ0v) is 12.4. The van der Waals surface area contributed by atoms with Crippen LogP contribution in [0.3, 0.4) is 0 Å². The van der Waals surface area contributed by atoms with Crippen LogP contribution in [0.15, 0.2) is 30.3 Å². The van der Waals surface area contributed by atoms with Crippen LogP contribution in [-0.2, 0) is 13.0 Å². The molecule has 2 aromatic rings. The molecule has 1 aromatic carbocycles. The fourth-order valence-corrected chi connectivity index (χ4v) is 2.30. The summed E-state index contributed by atoms with van der Waals surface area (Å²) in [5.41, 5.74) is 9.14. The highest BCUT2D eigenvalue weighted by molar-refractivity contribution is 5.64. The maximum atomic E-state index is 6.08. The molecule has 0 aliphatic heterocycles. The first kappa shape index (κ1) is 14.4. The number of benzene rings is 1. The van der Waals surface area contributed by atoms with E-state index in [4.69, 9.17) is 5.73 Å². The Kier molecular flexibility index (Phi) is 5.04. The molecule has 0 amide bonds. The van der Waals surface area contributed by atoms with Gasteiger partial charge in [-0.15, -0.1) is 0 Å². The van der Waals surface area contributed by atoms with Gasteiger partial charge in [-0.2, -0.15) is 5.10 Å². The smallest absolute Gasteiger partial charge is 0.148 e. The first-order valence-electron chi connectivity index (χ1n) is 7.33. The molecule has 4 heteroatoms. The molecule has 20 heavy (non-hydrogen) atoms. The predicted molar refractivity (Wildman–Crippen MR) is 84.9 cm³/mol. The summed E-state index contributed by atoms with van der Waals surface area (Å²) in [5, 5.41) is 7.90. The van der Waals surface area contributed by atoms with E-state index in [1.165, 1.54) is 5.56 Å². The molecule has 0 saturated heterocycles. The molecule has 2 rings (SSSR count). The van der Waals surface area contributed by atoms with Crippen molar-refractivity contribution in [3.05, 3.63) is 41.6 Å². The number of nitrogen functional groups attached to an aromatic ring is 1. The van der Waals surface area contributed by atoms with Crippen LogP contribution >= 0.6 is 0 Å². The summed E-state index contributed by atoms with van der Waals surface area (Å²) in [4.78, 5) is 0. The molecule has 0 fully saturated rings. The molecule has 1 aromatic heterocycles. The highest BCUT2D eigenvalue weighted by Crippen LogP contribution is 2.22. The van der Waals surface area contributed by atoms with Gasteiger partial charge in [-0.05, 0) is 31.7 Å². The van der Waals surface area contributed by atoms with E-state index >= 15 is 0 Å². The molecule has 0 spiro atoms. The van der Waals surface area contributed by atoms with Crippen LogP contribution < -0.4 is 11.1 Å². The summed E-state index contributed by atoms with van der Waals surface area (Å²) in [6, 6.07) is 10.6. The number of aromatic nitrogens is 2. The summed E-state index contributed by atoms with van der Waals surface area (Å²) < 4.78 is 1.98. The summed E-state index contributed by atoms with van der Waals surface area (Å²) in [7, 11) is 0. The number of rotatable bonds is 7. The van der Waals surface area contributed by atoms with Crippen LogP contribution in [0.5, 0.6) is 0 Å². The van der Waals surface area contributed by atoms with Gasteiger partial charge in [-0.25, -0.2) is 4.68 Å². The molecular formula is C16H24N4. The predicted octanol–water partition coefficient (Wildman–Crippen LogP) is 3.23. The monoisotopic (exact) mass is 272 g/mol. The Hall–Kier alpha value is -1.97. The van der Waals surface area contributed by atoms with E-state index < -0.39 is 0 Å². The van der Waals surface area contributed by atoms with E-state index in [9.17, 15) is 0 Å². The Morgan fingerprint density at radius 3 is 2.70 bits per heavy atom. The van der Waals surface area contributed by atoms with Crippen molar-refractivity contribution < 1.29 is 0 Å². The van der Waals surface area contributed by atoms with Gasteiger partial charge in [0.15, 0.2) is 0 Å². The average molecular weight is 272 g/mol. The second kappa shape index (κ2) is 6.98. The zero-order valence-electron chi connectivity index (χ0n) is 12.4. The lowest BCUT2D eigenvalue weighted by Crippen LogP contribution is -2.11. The van der Waals surface area contributed by atoms with Gasteiger partial charge in [0.2, 0.25) is 0 Å². The van der Waals surface area contributed by atoms with Crippen LogP contribution in [-0.4, -0.2) is 16.3 Å². The largest absolute Gasteiger partial charge is 0.394 e. The fraction of sp³-hybridized carbons (Fsp3) is 0.438. The number of aryl methyl sites for hydroxylation is 3. The van der Waals surface area contributed by atoms with Crippen molar-refractivity contribution in [2.24, 2.45) is 0 Å². The van der Waals surface area contributed by atoms with Crippen LogP contribution in [0.1, 0.15) is 31.0 Å². The SMILES string of the molecule is CCCn1nc(C)c(N)c1NCCCc1ccccc1. The highest BCUT2D eigenvalue weighted by atomic mass is 15.3. The summed E-state index contributed by atoms with van der Waals surface area (Å²) in [6.07, 6.45) is 3.22. The summed E-state index contributed by atoms with van der Waals surface area (Å²) in [6.45, 7) is 5.91. The maximum Gasteiger partial charge on any atom is 0.148 e. The topological polar surface area (TPSA) is 55.9 Å². The molecule has 0 aliphatic carbocycles. The van der Waals surface area contributed by atoms with Gasteiger partial charge in [-0.3, -0.25) is 0 Å². The minimum Gasteiger partial charge on any atom is -0.394 e. The number of nitrogens with one attached hydrogen (secondary N) is 1. The zero-order chi connectivity index (χ0) is 14.4. The second-order valence-corrected chi connectivity index (χ2v) is 5.09. The molecule has 0 unspecified atom stereocenters. The third-order valence-corrected chi connectivity index (χ3v) is 3.39. The van der Waals surface area contributed by atoms with Crippen molar-refractivity contribution in [3.8, 4) is 0 Å². The van der Waals surface area contributed by atoms with Crippen molar-refractivity contribution in [2.75, 3.05) is 17.6 Å². The van der Waals surface area contributed by atoms with Crippen LogP contribution in [0.2, 0.25) is 0 Å². The van der Waals surface area contributed by atoms with Crippen molar-refractivity contribution in [1.29, 1.82) is 0 Å². The maximum absolute atomic E-state index is 6.08. The molecule has 0 radical (unpaired) electrons. The molecule has 0 bridgehead atoms. The van der Waals surface area contributed by atoms with Crippen molar-refractivity contribution in [2.45, 2.75) is 39.7 Å². The van der Waals surface area contributed by atoms with Crippen LogP contribution in [0.25, 0.3) is 0 Å². The van der Waals surface area contributed by atoms with Gasteiger partial charge in [0.05, 0.1) is 11.4 Å². The highest BCUT2D eigenvalue weighted by Gasteiger charge is 2.10. The van der Waals surface area contributed by atoms with Gasteiger partial charge >= 0.3 is 0 Å². The molecule has 4 nitrogen and oxygen atoms in total. The van der Waals surface area contributed by atoms with Gasteiger partial charge in [-0.1, -0.05) is 37.3 Å². The van der Waals surface area contributed by atoms with E-state index in [2.05, 4.69) is 47.7 Å². The van der Waals surface area contributed by atoms with Crippen molar-refractivity contribution in [1.82, 2.24) is 9.78 Å². The molecule has 1 heterocycles. The van der Waals surface area contributed by atoms with Gasteiger partial charge < -0.3 is 11.1 Å². The van der Waals surface area contributed by atoms with E-state index in [0.717, 1.165) is 49.6 Å². The van der Waals surface area contributed by atoms with Crippen LogP contribution in [0.4, 0.5) is 11.5 Å². The van der Waals surface area contributed by atoms with E-state index in [1.54, 1.807) is 0 Å². The fourth-order valence-electron chi connectivity index (χ4n) is 2.30. The standard InChI is InChI=1S/C16H24N4/c1-3-12-20-16(15(17)13(2)19-20)18-11-7-10-14-8-5-4-6-9-14/h4-6,8-9,18H,3,7,10-12,17H2,1-2H3. The second-order valence-electron chi connectivity index (χ2n) is 5.09. The molecular weight excluding hydrogens is 248 g/mol. The van der Waals surface area contributed by atoms with E-state index in [0.29, 0.717) is 0 Å². The Labute approximate surface area is 121 Å². The van der Waals surface area contributed by atoms with Crippen molar-refractivity contribution in [3.63, 3.8) is 0 Å². The Morgan fingerprint density at radius 2 is 2.00 bits per heavy atom. The lowest BCUT2D eigenvalue weighted by Gasteiger charge is -2.10. The number of anilines is 2. The number of hydrogen-bond donors (Lipinski definition) is 2. The van der Waals surface area contributed by atoms with Crippen molar-refractivity contribution >= 4 is 11.5 Å². The summed E-state index contributed by atoms with van der Waals surface area (Å²) >= 11 is 0. The number of hydrogen-bond acceptors (Lipinski definition) is 3.